The Bertz CT molecular complexity index is 3220. The molecule has 0 spiro atoms. The van der Waals surface area contributed by atoms with Crippen molar-refractivity contribution in [3.8, 4) is 5.75 Å². The van der Waals surface area contributed by atoms with Crippen LogP contribution in [-0.4, -0.2) is 211 Å². The Hall–Kier alpha value is -7.93. The molecule has 28 nitrogen and oxygen atoms in total. The molecular formula is C66H94N9O19S+. The number of carbonyl (C=O) groups excluding carboxylic acids is 8. The molecule has 14 atom stereocenters. The van der Waals surface area contributed by atoms with Gasteiger partial charge in [-0.05, 0) is 89.0 Å². The van der Waals surface area contributed by atoms with Crippen LogP contribution in [0.4, 0.5) is 10.5 Å². The maximum atomic E-state index is 15.1. The molecule has 522 valence electrons. The van der Waals surface area contributed by atoms with Crippen LogP contribution in [0.1, 0.15) is 140 Å². The van der Waals surface area contributed by atoms with E-state index in [2.05, 4.69) is 26.6 Å². The molecule has 4 heterocycles. The molecule has 0 bridgehead atoms. The van der Waals surface area contributed by atoms with Crippen LogP contribution >= 0.6 is 11.3 Å². The second kappa shape index (κ2) is 34.1. The molecule has 29 heteroatoms. The summed E-state index contributed by atoms with van der Waals surface area (Å²) in [7, 11) is 3.60. The van der Waals surface area contributed by atoms with Crippen LogP contribution in [-0.2, 0) is 65.5 Å². The number of likely N-dealkylation sites (N-methyl/N-ethyl adjacent to an activating group) is 2. The van der Waals surface area contributed by atoms with Gasteiger partial charge in [-0.3, -0.25) is 43.3 Å². The fourth-order valence-electron chi connectivity index (χ4n) is 11.9. The number of likely N-dealkylation sites (tertiary alicyclic amines) is 1. The molecule has 3 aliphatic rings. The highest BCUT2D eigenvalue weighted by Crippen LogP contribution is 2.36. The van der Waals surface area contributed by atoms with Crippen molar-refractivity contribution in [1.82, 2.24) is 36.1 Å². The number of aromatic nitrogens is 1. The number of ether oxygens (including phenoxy) is 4. The number of thiazole rings is 1. The third-order valence-electron chi connectivity index (χ3n) is 17.3. The van der Waals surface area contributed by atoms with Crippen molar-refractivity contribution in [3.05, 3.63) is 87.9 Å². The first-order valence-electron chi connectivity index (χ1n) is 32.1. The minimum Gasteiger partial charge on any atom is -0.481 e. The number of carboxylic acid groups (broad SMARTS) is 2. The van der Waals surface area contributed by atoms with Gasteiger partial charge in [-0.15, -0.1) is 11.3 Å². The van der Waals surface area contributed by atoms with E-state index in [-0.39, 0.29) is 64.8 Å². The van der Waals surface area contributed by atoms with Gasteiger partial charge in [0.15, 0.2) is 12.1 Å². The minimum atomic E-state index is -2.04. The van der Waals surface area contributed by atoms with Gasteiger partial charge in [0, 0.05) is 74.6 Å². The Morgan fingerprint density at radius 2 is 1.56 bits per heavy atom. The summed E-state index contributed by atoms with van der Waals surface area (Å²) in [6.07, 6.45) is -6.78. The zero-order valence-electron chi connectivity index (χ0n) is 55.8. The monoisotopic (exact) mass is 1350 g/mol. The molecule has 0 radical (unpaired) electrons. The quantitative estimate of drug-likeness (QED) is 0.0314. The maximum absolute atomic E-state index is 15.1. The van der Waals surface area contributed by atoms with Crippen molar-refractivity contribution in [3.63, 3.8) is 0 Å². The van der Waals surface area contributed by atoms with Crippen LogP contribution in [0, 0.1) is 17.8 Å². The molecule has 3 aliphatic heterocycles. The fourth-order valence-corrected chi connectivity index (χ4v) is 12.7. The highest BCUT2D eigenvalue weighted by atomic mass is 32.1. The summed E-state index contributed by atoms with van der Waals surface area (Å²) < 4.78 is 23.0. The number of hydrogen-bond donors (Lipinski definition) is 10. The zero-order chi connectivity index (χ0) is 70.2. The summed E-state index contributed by atoms with van der Waals surface area (Å²) in [6.45, 7) is 16.1. The van der Waals surface area contributed by atoms with E-state index in [1.54, 1.807) is 51.1 Å². The number of alkyl carbamates (subject to hydrolysis) is 1. The molecule has 1 unspecified atom stereocenters. The number of anilines is 1. The molecule has 10 N–H and O–H groups in total. The number of nitrogens with zero attached hydrogens (tertiary/aromatic N) is 4. The molecule has 3 aromatic rings. The zero-order valence-corrected chi connectivity index (χ0v) is 56.6. The van der Waals surface area contributed by atoms with Gasteiger partial charge in [-0.25, -0.2) is 14.6 Å². The molecule has 1 aromatic heterocycles. The normalized spacial score (nSPS) is 22.7. The van der Waals surface area contributed by atoms with Crippen molar-refractivity contribution in [1.29, 1.82) is 0 Å². The number of imide groups is 1. The Morgan fingerprint density at radius 3 is 2.18 bits per heavy atom. The van der Waals surface area contributed by atoms with Gasteiger partial charge >= 0.3 is 18.0 Å². The molecular weight excluding hydrogens is 1250 g/mol. The van der Waals surface area contributed by atoms with E-state index >= 15 is 4.79 Å². The van der Waals surface area contributed by atoms with Crippen molar-refractivity contribution < 1.29 is 96.9 Å². The molecule has 0 saturated carbocycles. The summed E-state index contributed by atoms with van der Waals surface area (Å²) in [5.41, 5.74) is 0.649. The second-order valence-corrected chi connectivity index (χ2v) is 27.0. The summed E-state index contributed by atoms with van der Waals surface area (Å²) in [6, 6.07) is 9.84. The SMILES string of the molecule is CCO[C@H](C[C@H](C(C)C)N(C)C(=O)[C@@H](NC(=O)[C@H]1CCCC[N+]1(C)Cc1ccc(O[C@@H]2O[C@H](C(=O)O)[C@@H](O)[C@H](O)[C@H]2O)c(NC(=O)CCNC(=O)[C@H](CNC(=O)OC(C)(C)C)N2C(=O)C=CC2=O)c1)[C@@H](C)CC)c1nc(C(=O)N[C@@H](Cc2ccccc2)C[C@H](C)C(=O)O)cs1. The molecule has 2 fully saturated rings. The molecule has 6 rings (SSSR count). The highest BCUT2D eigenvalue weighted by Gasteiger charge is 2.49. The molecule has 8 amide bonds. The molecule has 0 aliphatic carbocycles. The van der Waals surface area contributed by atoms with Gasteiger partial charge in [0.05, 0.1) is 31.7 Å². The van der Waals surface area contributed by atoms with Gasteiger partial charge in [-0.1, -0.05) is 71.4 Å². The first kappa shape index (κ1) is 76.1. The topological polar surface area (TPSA) is 388 Å². The van der Waals surface area contributed by atoms with Gasteiger partial charge in [-0.2, -0.15) is 0 Å². The van der Waals surface area contributed by atoms with Crippen LogP contribution in [0.15, 0.2) is 66.1 Å². The van der Waals surface area contributed by atoms with Crippen LogP contribution in [0.2, 0.25) is 0 Å². The molecule has 2 aromatic carbocycles. The number of carbonyl (C=O) groups is 10. The number of carboxylic acids is 2. The number of quaternary nitrogens is 1. The van der Waals surface area contributed by atoms with Crippen molar-refractivity contribution in [2.45, 2.75) is 193 Å². The largest absolute Gasteiger partial charge is 0.481 e. The van der Waals surface area contributed by atoms with E-state index in [0.717, 1.165) is 24.1 Å². The van der Waals surface area contributed by atoms with E-state index in [1.165, 1.54) is 23.5 Å². The summed E-state index contributed by atoms with van der Waals surface area (Å²) >= 11 is 1.24. The smallest absolute Gasteiger partial charge is 0.407 e. The second-order valence-electron chi connectivity index (χ2n) is 26.1. The predicted molar refractivity (Wildman–Crippen MR) is 346 cm³/mol. The number of amides is 8. The number of hydrogen-bond acceptors (Lipinski definition) is 19. The number of piperidine rings is 1. The van der Waals surface area contributed by atoms with Gasteiger partial charge in [0.2, 0.25) is 24.0 Å². The third kappa shape index (κ3) is 20.8. The lowest BCUT2D eigenvalue weighted by Gasteiger charge is -2.44. The average Bonchev–Trinajstić information content (AvgIpc) is 1.26. The maximum Gasteiger partial charge on any atom is 0.407 e. The van der Waals surface area contributed by atoms with E-state index < -0.39 is 139 Å². The van der Waals surface area contributed by atoms with Crippen LogP contribution < -0.4 is 31.3 Å². The Labute approximate surface area is 557 Å². The van der Waals surface area contributed by atoms with E-state index in [0.29, 0.717) is 60.7 Å². The lowest BCUT2D eigenvalue weighted by Crippen LogP contribution is -2.63. The van der Waals surface area contributed by atoms with Gasteiger partial charge in [0.25, 0.3) is 23.6 Å². The standard InChI is InChI=1S/C66H93N9O19S/c1-12-37(5)52(61(85)73(10)44(36(3)4)32-48(91-13-2)60-71-43(35-95-60)57(82)69-41(29-38(6)62(86)87)30-39-19-15-14-16-20-39)72-59(84)46-21-17-18-28-75(46,11)34-40-22-23-47(92-64-55(81)53(79)54(80)56(93-64)63(88)89)42(31-40)70-49(76)26-27-67-58(83)45(74-50(77)24-25-51(74)78)33-68-65(90)94-66(7,8)9/h14-16,19-20,22-25,31,35-38,41,44-46,48,52-56,64,79-81H,12-13,17-18,21,26-30,32-34H2,1-11H3,(H6-,67,68,69,70,72,76,82,83,84,86,87,88,89,90)/p+1/t37-,38-,41+,44+,45-,46+,48+,52-,53-,54-,55+,56-,64+,75?/m0/s1. The number of aliphatic carboxylic acids is 2. The number of nitrogens with one attached hydrogen (secondary N) is 5. The van der Waals surface area contributed by atoms with Gasteiger partial charge in [0.1, 0.15) is 65.1 Å². The number of aliphatic hydroxyl groups is 3. The molecule has 95 heavy (non-hydrogen) atoms. The third-order valence-corrected chi connectivity index (χ3v) is 18.2. The lowest BCUT2D eigenvalue weighted by atomic mass is 9.92. The van der Waals surface area contributed by atoms with Crippen LogP contribution in [0.25, 0.3) is 0 Å². The number of rotatable bonds is 32. The first-order valence-corrected chi connectivity index (χ1v) is 33.0. The van der Waals surface area contributed by atoms with Gasteiger partial charge < -0.3 is 80.4 Å². The average molecular weight is 1350 g/mol. The summed E-state index contributed by atoms with van der Waals surface area (Å²) in [5, 5.41) is 67.4. The van der Waals surface area contributed by atoms with Crippen molar-refractivity contribution in [2.75, 3.05) is 45.7 Å². The summed E-state index contributed by atoms with van der Waals surface area (Å²) in [5.74, 6) is -8.43. The van der Waals surface area contributed by atoms with E-state index in [4.69, 9.17) is 23.9 Å². The Kier molecular flexibility index (Phi) is 27.3. The predicted octanol–water partition coefficient (Wildman–Crippen LogP) is 3.81. The Balaban J connectivity index is 1.20. The van der Waals surface area contributed by atoms with Crippen molar-refractivity contribution in [2.24, 2.45) is 17.8 Å². The number of aliphatic hydroxyl groups excluding tert-OH is 3. The number of benzene rings is 2. The minimum absolute atomic E-state index is 0.0598. The molecule has 2 saturated heterocycles. The Morgan fingerprint density at radius 1 is 0.874 bits per heavy atom. The summed E-state index contributed by atoms with van der Waals surface area (Å²) in [4.78, 5) is 140. The van der Waals surface area contributed by atoms with Crippen LogP contribution in [0.3, 0.4) is 0 Å². The highest BCUT2D eigenvalue weighted by molar-refractivity contribution is 7.09. The first-order chi connectivity index (χ1) is 44.7. The fraction of sp³-hybridized carbons (Fsp3) is 0.591. The van der Waals surface area contributed by atoms with Crippen LogP contribution in [0.5, 0.6) is 5.75 Å². The van der Waals surface area contributed by atoms with E-state index in [1.807, 2.05) is 72.0 Å². The lowest BCUT2D eigenvalue weighted by molar-refractivity contribution is -0.942. The van der Waals surface area contributed by atoms with E-state index in [9.17, 15) is 68.7 Å². The van der Waals surface area contributed by atoms with Crippen molar-refractivity contribution >= 4 is 76.4 Å².